The highest BCUT2D eigenvalue weighted by molar-refractivity contribution is 7.89. The summed E-state index contributed by atoms with van der Waals surface area (Å²) in [5.41, 5.74) is 1.38. The number of carbonyl (C=O) groups excluding carboxylic acids is 1. The Morgan fingerprint density at radius 3 is 2.33 bits per heavy atom. The third kappa shape index (κ3) is 3.47. The second-order valence-electron chi connectivity index (χ2n) is 6.76. The largest absolute Gasteiger partial charge is 0.465 e. The van der Waals surface area contributed by atoms with Crippen LogP contribution in [0.1, 0.15) is 39.5 Å². The number of hydrogen-bond acceptors (Lipinski definition) is 7. The predicted octanol–water partition coefficient (Wildman–Crippen LogP) is 2.24. The maximum Gasteiger partial charge on any atom is 0.337 e. The lowest BCUT2D eigenvalue weighted by atomic mass is 10.0. The lowest BCUT2D eigenvalue weighted by Crippen LogP contribution is -2.34. The first-order valence-electron chi connectivity index (χ1n) is 9.16. The van der Waals surface area contributed by atoms with E-state index < -0.39 is 28.1 Å². The first kappa shape index (κ1) is 20.1. The normalized spacial score (nSPS) is 17.1. The summed E-state index contributed by atoms with van der Waals surface area (Å²) in [7, 11) is -2.78. The van der Waals surface area contributed by atoms with Gasteiger partial charge in [0.25, 0.3) is 0 Å². The van der Waals surface area contributed by atoms with Gasteiger partial charge in [0.15, 0.2) is 0 Å². The third-order valence-corrected chi connectivity index (χ3v) is 6.90. The summed E-state index contributed by atoms with van der Waals surface area (Å²) in [5.74, 6) is -0.624. The Bertz CT molecular complexity index is 1170. The van der Waals surface area contributed by atoms with E-state index in [1.165, 1.54) is 29.7 Å². The molecule has 154 valence electrons. The van der Waals surface area contributed by atoms with Crippen LogP contribution in [0.5, 0.6) is 0 Å². The number of benzene rings is 1. The Morgan fingerprint density at radius 1 is 1.07 bits per heavy atom. The SMILES string of the molecule is COC(=O)c1ccc2c(c1)S(=O)(=O)N(C(c1ccccn1)C(O)c1ccccn1)C2. The van der Waals surface area contributed by atoms with Gasteiger partial charge in [-0.05, 0) is 42.0 Å². The Kier molecular flexibility index (Phi) is 5.33. The molecule has 8 nitrogen and oxygen atoms in total. The van der Waals surface area contributed by atoms with Gasteiger partial charge >= 0.3 is 5.97 Å². The molecule has 0 bridgehead atoms. The van der Waals surface area contributed by atoms with Gasteiger partial charge in [-0.3, -0.25) is 9.97 Å². The Labute approximate surface area is 173 Å². The number of nitrogens with zero attached hydrogens (tertiary/aromatic N) is 3. The molecule has 1 N–H and O–H groups in total. The van der Waals surface area contributed by atoms with Crippen LogP contribution < -0.4 is 0 Å². The van der Waals surface area contributed by atoms with Gasteiger partial charge in [0, 0.05) is 18.9 Å². The zero-order valence-electron chi connectivity index (χ0n) is 16.0. The van der Waals surface area contributed by atoms with Crippen LogP contribution in [0.3, 0.4) is 0 Å². The van der Waals surface area contributed by atoms with Crippen LogP contribution in [0, 0.1) is 0 Å². The molecule has 1 aliphatic heterocycles. The molecule has 2 unspecified atom stereocenters. The third-order valence-electron chi connectivity index (χ3n) is 4.99. The summed E-state index contributed by atoms with van der Waals surface area (Å²) >= 11 is 0. The van der Waals surface area contributed by atoms with Crippen molar-refractivity contribution in [2.45, 2.75) is 23.6 Å². The number of esters is 1. The Morgan fingerprint density at radius 2 is 1.73 bits per heavy atom. The van der Waals surface area contributed by atoms with E-state index in [0.29, 0.717) is 17.0 Å². The summed E-state index contributed by atoms with van der Waals surface area (Å²) in [6, 6.07) is 13.6. The molecule has 2 aromatic heterocycles. The maximum absolute atomic E-state index is 13.4. The van der Waals surface area contributed by atoms with Crippen molar-refractivity contribution >= 4 is 16.0 Å². The van der Waals surface area contributed by atoms with Crippen molar-refractivity contribution in [3.8, 4) is 0 Å². The van der Waals surface area contributed by atoms with Crippen LogP contribution >= 0.6 is 0 Å². The van der Waals surface area contributed by atoms with Gasteiger partial charge in [0.2, 0.25) is 10.0 Å². The maximum atomic E-state index is 13.4. The van der Waals surface area contributed by atoms with Gasteiger partial charge in [-0.15, -0.1) is 0 Å². The summed E-state index contributed by atoms with van der Waals surface area (Å²) in [6.07, 6.45) is 1.83. The Balaban J connectivity index is 1.81. The molecule has 30 heavy (non-hydrogen) atoms. The van der Waals surface area contributed by atoms with Crippen molar-refractivity contribution in [3.05, 3.63) is 89.5 Å². The number of rotatable bonds is 5. The van der Waals surface area contributed by atoms with Crippen molar-refractivity contribution < 1.29 is 23.1 Å². The lowest BCUT2D eigenvalue weighted by molar-refractivity contribution is 0.0600. The average Bonchev–Trinajstić information content (AvgIpc) is 3.04. The standard InChI is InChI=1S/C21H19N3O5S/c1-29-21(26)14-8-9-15-13-24(30(27,28)18(15)12-14)19(16-6-2-4-10-22-16)20(25)17-7-3-5-11-23-17/h2-12,19-20,25H,13H2,1H3. The van der Waals surface area contributed by atoms with Gasteiger partial charge in [0.1, 0.15) is 6.10 Å². The van der Waals surface area contributed by atoms with E-state index in [2.05, 4.69) is 9.97 Å². The number of fused-ring (bicyclic) bond motifs is 1. The smallest absolute Gasteiger partial charge is 0.337 e. The highest BCUT2D eigenvalue weighted by atomic mass is 32.2. The van der Waals surface area contributed by atoms with Crippen molar-refractivity contribution in [2.75, 3.05) is 7.11 Å². The fourth-order valence-electron chi connectivity index (χ4n) is 3.53. The minimum atomic E-state index is -4.01. The number of ether oxygens (including phenoxy) is 1. The monoisotopic (exact) mass is 425 g/mol. The number of sulfonamides is 1. The van der Waals surface area contributed by atoms with Crippen LogP contribution in [0.25, 0.3) is 0 Å². The molecule has 9 heteroatoms. The summed E-state index contributed by atoms with van der Waals surface area (Å²) < 4.78 is 32.7. The first-order valence-corrected chi connectivity index (χ1v) is 10.6. The van der Waals surface area contributed by atoms with Gasteiger partial charge in [-0.2, -0.15) is 4.31 Å². The topological polar surface area (TPSA) is 110 Å². The molecule has 4 rings (SSSR count). The fourth-order valence-corrected chi connectivity index (χ4v) is 5.35. The van der Waals surface area contributed by atoms with Crippen LogP contribution in [0.2, 0.25) is 0 Å². The highest BCUT2D eigenvalue weighted by Crippen LogP contribution is 2.42. The van der Waals surface area contributed by atoms with Crippen molar-refractivity contribution in [2.24, 2.45) is 0 Å². The van der Waals surface area contributed by atoms with E-state index in [1.54, 1.807) is 48.7 Å². The predicted molar refractivity (Wildman–Crippen MR) is 107 cm³/mol. The van der Waals surface area contributed by atoms with Crippen LogP contribution in [-0.2, 0) is 21.3 Å². The Hall–Kier alpha value is -3.14. The van der Waals surface area contributed by atoms with Gasteiger partial charge < -0.3 is 9.84 Å². The molecular formula is C21H19N3O5S. The molecule has 3 aromatic rings. The molecule has 0 aliphatic carbocycles. The van der Waals surface area contributed by atoms with Gasteiger partial charge in [-0.25, -0.2) is 13.2 Å². The number of aliphatic hydroxyl groups is 1. The molecule has 1 aliphatic rings. The molecule has 2 atom stereocenters. The van der Waals surface area contributed by atoms with E-state index in [-0.39, 0.29) is 17.0 Å². The minimum Gasteiger partial charge on any atom is -0.465 e. The second kappa shape index (κ2) is 7.94. The quantitative estimate of drug-likeness (QED) is 0.624. The number of methoxy groups -OCH3 is 1. The molecule has 0 saturated carbocycles. The molecule has 1 aromatic carbocycles. The zero-order chi connectivity index (χ0) is 21.3. The van der Waals surface area contributed by atoms with E-state index in [4.69, 9.17) is 4.74 Å². The number of aromatic nitrogens is 2. The molecule has 0 radical (unpaired) electrons. The molecule has 0 amide bonds. The van der Waals surface area contributed by atoms with E-state index in [9.17, 15) is 18.3 Å². The number of pyridine rings is 2. The van der Waals surface area contributed by atoms with Gasteiger partial charge in [-0.1, -0.05) is 18.2 Å². The number of aliphatic hydroxyl groups excluding tert-OH is 1. The van der Waals surface area contributed by atoms with Crippen molar-refractivity contribution in [1.29, 1.82) is 0 Å². The average molecular weight is 425 g/mol. The highest BCUT2D eigenvalue weighted by Gasteiger charge is 2.44. The molecule has 0 saturated heterocycles. The van der Waals surface area contributed by atoms with Crippen molar-refractivity contribution in [1.82, 2.24) is 14.3 Å². The fraction of sp³-hybridized carbons (Fsp3) is 0.190. The van der Waals surface area contributed by atoms with Crippen molar-refractivity contribution in [3.63, 3.8) is 0 Å². The summed E-state index contributed by atoms with van der Waals surface area (Å²) in [5, 5.41) is 11.1. The van der Waals surface area contributed by atoms with E-state index >= 15 is 0 Å². The van der Waals surface area contributed by atoms with Crippen LogP contribution in [-0.4, -0.2) is 40.9 Å². The molecule has 0 spiro atoms. The minimum absolute atomic E-state index is 0.0135. The van der Waals surface area contributed by atoms with E-state index in [1.807, 2.05) is 0 Å². The molecule has 0 fully saturated rings. The summed E-state index contributed by atoms with van der Waals surface area (Å²) in [4.78, 5) is 20.3. The summed E-state index contributed by atoms with van der Waals surface area (Å²) in [6.45, 7) is 0.0320. The number of hydrogen-bond donors (Lipinski definition) is 1. The molecular weight excluding hydrogens is 406 g/mol. The second-order valence-corrected chi connectivity index (χ2v) is 8.62. The van der Waals surface area contributed by atoms with Gasteiger partial charge in [0.05, 0.1) is 35.0 Å². The zero-order valence-corrected chi connectivity index (χ0v) is 16.9. The van der Waals surface area contributed by atoms with Crippen LogP contribution in [0.4, 0.5) is 0 Å². The molecule has 3 heterocycles. The first-order chi connectivity index (χ1) is 14.4. The number of carbonyl (C=O) groups is 1. The van der Waals surface area contributed by atoms with Crippen LogP contribution in [0.15, 0.2) is 71.9 Å². The van der Waals surface area contributed by atoms with E-state index in [0.717, 1.165) is 0 Å². The lowest BCUT2D eigenvalue weighted by Gasteiger charge is -2.29.